The number of fused-ring (bicyclic) bond motifs is 4. The van der Waals surface area contributed by atoms with Gasteiger partial charge in [0, 0.05) is 10.8 Å². The lowest BCUT2D eigenvalue weighted by Gasteiger charge is -2.04. The van der Waals surface area contributed by atoms with Crippen molar-refractivity contribution in [3.05, 3.63) is 72.6 Å². The van der Waals surface area contributed by atoms with Crippen molar-refractivity contribution in [3.8, 4) is 11.8 Å². The van der Waals surface area contributed by atoms with Gasteiger partial charge in [0.25, 0.3) is 0 Å². The van der Waals surface area contributed by atoms with E-state index in [1.807, 2.05) is 48.0 Å². The van der Waals surface area contributed by atoms with Crippen molar-refractivity contribution in [2.24, 2.45) is 7.05 Å². The zero-order valence-corrected chi connectivity index (χ0v) is 13.5. The number of aryl methyl sites for hydroxylation is 1. The van der Waals surface area contributed by atoms with Gasteiger partial charge in [-0.3, -0.25) is 0 Å². The number of aromatic nitrogens is 2. The Hall–Kier alpha value is -3.58. The van der Waals surface area contributed by atoms with Crippen molar-refractivity contribution in [1.29, 1.82) is 5.26 Å². The number of para-hydroxylation sites is 1. The highest BCUT2D eigenvalue weighted by Gasteiger charge is 2.13. The van der Waals surface area contributed by atoms with Crippen molar-refractivity contribution < 1.29 is 8.98 Å². The van der Waals surface area contributed by atoms with E-state index in [0.717, 1.165) is 38.7 Å². The van der Waals surface area contributed by atoms with Crippen LogP contribution in [-0.2, 0) is 7.05 Å². The molecule has 2 aromatic heterocycles. The summed E-state index contributed by atoms with van der Waals surface area (Å²) in [7, 11) is 1.98. The minimum Gasteiger partial charge on any atom is -0.457 e. The fourth-order valence-corrected chi connectivity index (χ4v) is 3.35. The minimum atomic E-state index is 0.601. The third kappa shape index (κ3) is 1.96. The first-order valence-electron chi connectivity index (χ1n) is 8.00. The fraction of sp³-hybridized carbons (Fsp3) is 0.0476. The molecular formula is C21H13N3O. The maximum atomic E-state index is 9.09. The van der Waals surface area contributed by atoms with Crippen LogP contribution in [0.3, 0.4) is 0 Å². The Labute approximate surface area is 143 Å². The second-order valence-electron chi connectivity index (χ2n) is 6.09. The van der Waals surface area contributed by atoms with Gasteiger partial charge < -0.3 is 13.6 Å². The average Bonchev–Trinajstić information content (AvgIpc) is 3.17. The molecule has 0 saturated heterocycles. The second-order valence-corrected chi connectivity index (χ2v) is 6.09. The van der Waals surface area contributed by atoms with E-state index in [1.165, 1.54) is 0 Å². The Kier molecular flexibility index (Phi) is 2.74. The zero-order chi connectivity index (χ0) is 17.0. The third-order valence-corrected chi connectivity index (χ3v) is 4.56. The van der Waals surface area contributed by atoms with E-state index in [-0.39, 0.29) is 0 Å². The molecule has 0 radical (unpaired) electrons. The molecule has 5 rings (SSSR count). The van der Waals surface area contributed by atoms with Gasteiger partial charge in [-0.05, 0) is 24.3 Å². The Morgan fingerprint density at radius 1 is 1.00 bits per heavy atom. The van der Waals surface area contributed by atoms with Crippen LogP contribution in [0.5, 0.6) is 0 Å². The molecule has 0 aliphatic carbocycles. The zero-order valence-electron chi connectivity index (χ0n) is 13.5. The number of nitriles is 1. The van der Waals surface area contributed by atoms with Crippen LogP contribution in [0, 0.1) is 17.7 Å². The Morgan fingerprint density at radius 3 is 2.60 bits per heavy atom. The van der Waals surface area contributed by atoms with Crippen LogP contribution in [-0.4, -0.2) is 4.57 Å². The van der Waals surface area contributed by atoms with E-state index in [1.54, 1.807) is 6.07 Å². The summed E-state index contributed by atoms with van der Waals surface area (Å²) in [5.41, 5.74) is 5.31. The van der Waals surface area contributed by atoms with Crippen molar-refractivity contribution in [1.82, 2.24) is 4.57 Å². The third-order valence-electron chi connectivity index (χ3n) is 4.56. The maximum Gasteiger partial charge on any atom is 0.244 e. The fourth-order valence-electron chi connectivity index (χ4n) is 3.35. The highest BCUT2D eigenvalue weighted by Crippen LogP contribution is 2.32. The van der Waals surface area contributed by atoms with Crippen molar-refractivity contribution >= 4 is 33.0 Å². The van der Waals surface area contributed by atoms with Gasteiger partial charge in [-0.1, -0.05) is 36.4 Å². The standard InChI is InChI=1S/C21H13N3O/c1-23-13-24(15-5-3-2-4-6-15)19-10-17-16-8-7-14(12-22)9-20(16)25-21(17)11-18(19)23/h2-11H,1H3. The van der Waals surface area contributed by atoms with Crippen LogP contribution in [0.25, 0.3) is 38.7 Å². The molecule has 4 nitrogen and oxygen atoms in total. The lowest BCUT2D eigenvalue weighted by molar-refractivity contribution is -0.649. The van der Waals surface area contributed by atoms with Gasteiger partial charge in [0.05, 0.1) is 35.4 Å². The summed E-state index contributed by atoms with van der Waals surface area (Å²) in [5.74, 6) is 0. The summed E-state index contributed by atoms with van der Waals surface area (Å²) >= 11 is 0. The van der Waals surface area contributed by atoms with Gasteiger partial charge >= 0.3 is 0 Å². The summed E-state index contributed by atoms with van der Waals surface area (Å²) in [5, 5.41) is 11.1. The smallest absolute Gasteiger partial charge is 0.244 e. The monoisotopic (exact) mass is 323 g/mol. The molecule has 0 amide bonds. The maximum absolute atomic E-state index is 9.09. The first-order valence-corrected chi connectivity index (χ1v) is 8.00. The number of benzene rings is 3. The van der Waals surface area contributed by atoms with Crippen LogP contribution < -0.4 is 4.57 Å². The predicted molar refractivity (Wildman–Crippen MR) is 95.3 cm³/mol. The molecule has 0 saturated carbocycles. The number of hydrogen-bond donors (Lipinski definition) is 0. The molecule has 0 aliphatic heterocycles. The average molecular weight is 323 g/mol. The topological polar surface area (TPSA) is 45.7 Å². The number of furan rings is 1. The molecule has 2 heterocycles. The van der Waals surface area contributed by atoms with E-state index in [9.17, 15) is 0 Å². The van der Waals surface area contributed by atoms with Crippen LogP contribution in [0.1, 0.15) is 5.56 Å². The summed E-state index contributed by atoms with van der Waals surface area (Å²) in [6.07, 6.45) is 3.35. The summed E-state index contributed by atoms with van der Waals surface area (Å²) in [6.45, 7) is 0. The van der Waals surface area contributed by atoms with Gasteiger partial charge in [-0.15, -0.1) is 0 Å². The molecule has 118 valence electrons. The first kappa shape index (κ1) is 13.8. The Balaban J connectivity index is 1.88. The van der Waals surface area contributed by atoms with Gasteiger partial charge in [0.2, 0.25) is 6.33 Å². The van der Waals surface area contributed by atoms with Crippen molar-refractivity contribution in [2.75, 3.05) is 0 Å². The number of hydrogen-bond acceptors (Lipinski definition) is 2. The lowest BCUT2D eigenvalue weighted by atomic mass is 10.1. The molecule has 0 aliphatic rings. The van der Waals surface area contributed by atoms with Crippen LogP contribution in [0.2, 0.25) is 0 Å². The van der Waals surface area contributed by atoms with E-state index in [4.69, 9.17) is 9.68 Å². The van der Waals surface area contributed by atoms with E-state index in [2.05, 4.69) is 35.2 Å². The van der Waals surface area contributed by atoms with Crippen LogP contribution in [0.15, 0.2) is 65.1 Å². The van der Waals surface area contributed by atoms with Crippen molar-refractivity contribution in [2.45, 2.75) is 0 Å². The van der Waals surface area contributed by atoms with Gasteiger partial charge in [-0.2, -0.15) is 5.26 Å². The summed E-state index contributed by atoms with van der Waals surface area (Å²) < 4.78 is 10.0. The molecule has 0 atom stereocenters. The van der Waals surface area contributed by atoms with E-state index < -0.39 is 0 Å². The lowest BCUT2D eigenvalue weighted by Crippen LogP contribution is -2.26. The molecule has 0 spiro atoms. The van der Waals surface area contributed by atoms with E-state index in [0.29, 0.717) is 5.56 Å². The van der Waals surface area contributed by atoms with Gasteiger partial charge in [0.15, 0.2) is 0 Å². The molecule has 0 fully saturated rings. The SMILES string of the molecule is C[n+]1[c-]n(-c2ccccc2)c2cc3c(cc21)oc1cc(C#N)ccc13. The van der Waals surface area contributed by atoms with Crippen LogP contribution in [0.4, 0.5) is 0 Å². The number of nitrogens with zero attached hydrogens (tertiary/aromatic N) is 3. The highest BCUT2D eigenvalue weighted by atomic mass is 16.3. The largest absolute Gasteiger partial charge is 0.457 e. The first-order chi connectivity index (χ1) is 12.2. The number of rotatable bonds is 1. The molecule has 0 N–H and O–H groups in total. The predicted octanol–water partition coefficient (Wildman–Crippen LogP) is 4.03. The molecule has 0 bridgehead atoms. The van der Waals surface area contributed by atoms with Gasteiger partial charge in [-0.25, -0.2) is 0 Å². The summed E-state index contributed by atoms with van der Waals surface area (Å²) in [4.78, 5) is 0. The molecular weight excluding hydrogens is 310 g/mol. The van der Waals surface area contributed by atoms with Crippen molar-refractivity contribution in [3.63, 3.8) is 0 Å². The number of imidazole rings is 1. The molecule has 4 heteroatoms. The minimum absolute atomic E-state index is 0.601. The molecule has 0 unspecified atom stereocenters. The molecule has 5 aromatic rings. The highest BCUT2D eigenvalue weighted by molar-refractivity contribution is 6.09. The van der Waals surface area contributed by atoms with Crippen LogP contribution >= 0.6 is 0 Å². The normalized spacial score (nSPS) is 11.4. The molecule has 25 heavy (non-hydrogen) atoms. The van der Waals surface area contributed by atoms with E-state index >= 15 is 0 Å². The quantitative estimate of drug-likeness (QED) is 0.345. The summed E-state index contributed by atoms with van der Waals surface area (Å²) in [6, 6.07) is 22.0. The van der Waals surface area contributed by atoms with Gasteiger partial charge in [0.1, 0.15) is 11.2 Å². The molecule has 3 aromatic carbocycles. The Bertz CT molecular complexity index is 1300. The second kappa shape index (κ2) is 4.96. The Morgan fingerprint density at radius 2 is 1.80 bits per heavy atom.